The molecule has 2 aromatic carbocycles. The molecule has 2 aliphatic rings. The van der Waals surface area contributed by atoms with Crippen molar-refractivity contribution in [2.75, 3.05) is 27.2 Å². The van der Waals surface area contributed by atoms with Crippen LogP contribution in [-0.2, 0) is 18.3 Å². The molecule has 0 radical (unpaired) electrons. The highest BCUT2D eigenvalue weighted by Gasteiger charge is 2.51. The number of amides is 1. The molecular weight excluding hydrogens is 436 g/mol. The van der Waals surface area contributed by atoms with Crippen molar-refractivity contribution >= 4 is 6.09 Å². The van der Waals surface area contributed by atoms with Crippen molar-refractivity contribution in [3.05, 3.63) is 65.2 Å². The van der Waals surface area contributed by atoms with Crippen molar-refractivity contribution in [2.45, 2.75) is 62.9 Å². The largest absolute Gasteiger partial charge is 0.412 e. The Balaban J connectivity index is 1.56. The van der Waals surface area contributed by atoms with Crippen molar-refractivity contribution in [3.8, 4) is 17.6 Å². The lowest BCUT2D eigenvalue weighted by Crippen LogP contribution is -2.50. The number of hydrogen-bond donors (Lipinski definition) is 2. The first kappa shape index (κ1) is 25.3. The second-order valence-corrected chi connectivity index (χ2v) is 10.5. The zero-order valence-electron chi connectivity index (χ0n) is 21.3. The van der Waals surface area contributed by atoms with Crippen molar-refractivity contribution in [1.82, 2.24) is 10.2 Å². The van der Waals surface area contributed by atoms with Gasteiger partial charge in [0.05, 0.1) is 0 Å². The average molecular weight is 475 g/mol. The van der Waals surface area contributed by atoms with Crippen LogP contribution >= 0.6 is 0 Å². The average Bonchev–Trinajstić information content (AvgIpc) is 2.83. The minimum Gasteiger partial charge on any atom is -0.410 e. The Labute approximate surface area is 209 Å². The number of fused-ring (bicyclic) bond motifs is 3. The molecule has 0 saturated heterocycles. The summed E-state index contributed by atoms with van der Waals surface area (Å²) in [7, 11) is 4.04. The van der Waals surface area contributed by atoms with Crippen LogP contribution in [0.15, 0.2) is 48.5 Å². The molecule has 0 bridgehead atoms. The monoisotopic (exact) mass is 474 g/mol. The summed E-state index contributed by atoms with van der Waals surface area (Å²) >= 11 is 0. The Kier molecular flexibility index (Phi) is 7.84. The molecule has 35 heavy (non-hydrogen) atoms. The van der Waals surface area contributed by atoms with Crippen molar-refractivity contribution in [1.29, 1.82) is 0 Å². The van der Waals surface area contributed by atoms with E-state index < -0.39 is 11.7 Å². The van der Waals surface area contributed by atoms with Crippen LogP contribution in [0.3, 0.4) is 0 Å². The van der Waals surface area contributed by atoms with E-state index in [1.54, 1.807) is 6.92 Å². The van der Waals surface area contributed by atoms with Crippen LogP contribution in [-0.4, -0.2) is 48.9 Å². The molecule has 2 N–H and O–H groups in total. The normalized spacial score (nSPS) is 25.1. The summed E-state index contributed by atoms with van der Waals surface area (Å²) in [5, 5.41) is 14.0. The summed E-state index contributed by atoms with van der Waals surface area (Å²) in [5.41, 5.74) is 2.95. The SMILES string of the molecule is CC#C[C@@]1(O)CC[C@]2(Cc3ccccc3)c3ccc(OC(=O)NCCCN(C)C)cc3CC[C@H]2C1. The number of hydrogen-bond acceptors (Lipinski definition) is 4. The fourth-order valence-electron chi connectivity index (χ4n) is 6.09. The molecular formula is C30H38N2O3. The van der Waals surface area contributed by atoms with E-state index >= 15 is 0 Å². The van der Waals surface area contributed by atoms with Crippen LogP contribution in [0, 0.1) is 17.8 Å². The number of nitrogens with zero attached hydrogens (tertiary/aromatic N) is 1. The van der Waals surface area contributed by atoms with Gasteiger partial charge in [0.2, 0.25) is 0 Å². The predicted octanol–water partition coefficient (Wildman–Crippen LogP) is 4.71. The van der Waals surface area contributed by atoms with Crippen LogP contribution in [0.2, 0.25) is 0 Å². The van der Waals surface area contributed by atoms with Gasteiger partial charge in [-0.05, 0) is 107 Å². The Morgan fingerprint density at radius 2 is 2.00 bits per heavy atom. The number of aliphatic hydroxyl groups is 1. The zero-order valence-corrected chi connectivity index (χ0v) is 21.3. The van der Waals surface area contributed by atoms with Gasteiger partial charge in [-0.3, -0.25) is 0 Å². The summed E-state index contributed by atoms with van der Waals surface area (Å²) in [5.74, 6) is 6.98. The third-order valence-corrected chi connectivity index (χ3v) is 7.71. The second kappa shape index (κ2) is 10.8. The van der Waals surface area contributed by atoms with Gasteiger partial charge in [0.25, 0.3) is 0 Å². The second-order valence-electron chi connectivity index (χ2n) is 10.5. The predicted molar refractivity (Wildman–Crippen MR) is 140 cm³/mol. The number of ether oxygens (including phenoxy) is 1. The van der Waals surface area contributed by atoms with Crippen LogP contribution < -0.4 is 10.1 Å². The number of carbonyl (C=O) groups excluding carboxylic acids is 1. The summed E-state index contributed by atoms with van der Waals surface area (Å²) in [6.07, 6.45) is 5.58. The number of aryl methyl sites for hydroxylation is 1. The van der Waals surface area contributed by atoms with Gasteiger partial charge in [0.15, 0.2) is 0 Å². The van der Waals surface area contributed by atoms with Crippen molar-refractivity contribution in [3.63, 3.8) is 0 Å². The Morgan fingerprint density at radius 3 is 2.74 bits per heavy atom. The minimum absolute atomic E-state index is 0.0520. The molecule has 2 aromatic rings. The van der Waals surface area contributed by atoms with E-state index in [2.05, 4.69) is 58.5 Å². The fraction of sp³-hybridized carbons (Fsp3) is 0.500. The highest BCUT2D eigenvalue weighted by Crippen LogP contribution is 2.54. The maximum Gasteiger partial charge on any atom is 0.412 e. The van der Waals surface area contributed by atoms with Crippen LogP contribution in [0.1, 0.15) is 55.7 Å². The van der Waals surface area contributed by atoms with E-state index in [1.165, 1.54) is 16.7 Å². The maximum absolute atomic E-state index is 12.3. The van der Waals surface area contributed by atoms with Gasteiger partial charge in [-0.2, -0.15) is 0 Å². The minimum atomic E-state index is -0.898. The van der Waals surface area contributed by atoms with E-state index in [0.29, 0.717) is 31.1 Å². The van der Waals surface area contributed by atoms with E-state index in [0.717, 1.165) is 38.6 Å². The molecule has 1 amide bonds. The molecule has 1 saturated carbocycles. The quantitative estimate of drug-likeness (QED) is 0.451. The number of nitrogens with one attached hydrogen (secondary N) is 1. The Bertz CT molecular complexity index is 1090. The standard InChI is InChI=1S/C30H38N2O3/c1-4-15-29(34)16-17-30(21-23-9-6-5-7-10-23)25(22-29)12-11-24-20-26(13-14-27(24)30)35-28(33)31-18-8-19-32(2)3/h5-7,9-10,13-14,20,25,34H,8,11-12,16-19,21-22H2,1-3H3,(H,31,33)/t25-,29+,30+/m0/s1. The van der Waals surface area contributed by atoms with E-state index in [1.807, 2.05) is 26.2 Å². The Hall–Kier alpha value is -2.81. The molecule has 0 unspecified atom stereocenters. The summed E-state index contributed by atoms with van der Waals surface area (Å²) < 4.78 is 5.62. The first-order chi connectivity index (χ1) is 16.8. The van der Waals surface area contributed by atoms with E-state index in [9.17, 15) is 9.90 Å². The van der Waals surface area contributed by atoms with Gasteiger partial charge in [0, 0.05) is 12.0 Å². The number of carbonyl (C=O) groups is 1. The molecule has 1 fully saturated rings. The zero-order chi connectivity index (χ0) is 24.9. The van der Waals surface area contributed by atoms with Gasteiger partial charge in [-0.15, -0.1) is 5.92 Å². The van der Waals surface area contributed by atoms with E-state index in [-0.39, 0.29) is 5.41 Å². The van der Waals surface area contributed by atoms with Crippen molar-refractivity contribution < 1.29 is 14.6 Å². The topological polar surface area (TPSA) is 61.8 Å². The molecule has 4 rings (SSSR count). The van der Waals surface area contributed by atoms with Gasteiger partial charge in [-0.1, -0.05) is 42.3 Å². The molecule has 0 aromatic heterocycles. The van der Waals surface area contributed by atoms with E-state index in [4.69, 9.17) is 4.74 Å². The molecule has 0 heterocycles. The Morgan fingerprint density at radius 1 is 1.20 bits per heavy atom. The first-order valence-corrected chi connectivity index (χ1v) is 12.8. The molecule has 0 spiro atoms. The first-order valence-electron chi connectivity index (χ1n) is 12.8. The lowest BCUT2D eigenvalue weighted by molar-refractivity contribution is -0.00804. The maximum atomic E-state index is 12.3. The van der Waals surface area contributed by atoms with Gasteiger partial charge in [0.1, 0.15) is 11.4 Å². The van der Waals surface area contributed by atoms with Gasteiger partial charge in [-0.25, -0.2) is 4.79 Å². The number of rotatable bonds is 7. The van der Waals surface area contributed by atoms with Crippen LogP contribution in [0.25, 0.3) is 0 Å². The third kappa shape index (κ3) is 5.89. The summed E-state index contributed by atoms with van der Waals surface area (Å²) in [4.78, 5) is 14.4. The number of benzene rings is 2. The lowest BCUT2D eigenvalue weighted by atomic mass is 9.52. The molecule has 3 atom stereocenters. The molecule has 186 valence electrons. The molecule has 5 nitrogen and oxygen atoms in total. The van der Waals surface area contributed by atoms with Crippen LogP contribution in [0.5, 0.6) is 5.75 Å². The molecule has 0 aliphatic heterocycles. The van der Waals surface area contributed by atoms with Gasteiger partial charge < -0.3 is 20.1 Å². The van der Waals surface area contributed by atoms with Crippen LogP contribution in [0.4, 0.5) is 4.79 Å². The third-order valence-electron chi connectivity index (χ3n) is 7.71. The van der Waals surface area contributed by atoms with Gasteiger partial charge >= 0.3 is 6.09 Å². The summed E-state index contributed by atoms with van der Waals surface area (Å²) in [6, 6.07) is 16.8. The lowest BCUT2D eigenvalue weighted by Gasteiger charge is -2.52. The highest BCUT2D eigenvalue weighted by atomic mass is 16.6. The smallest absolute Gasteiger partial charge is 0.410 e. The van der Waals surface area contributed by atoms with Crippen molar-refractivity contribution in [2.24, 2.45) is 5.92 Å². The highest BCUT2D eigenvalue weighted by molar-refractivity contribution is 5.70. The molecule has 5 heteroatoms. The summed E-state index contributed by atoms with van der Waals surface area (Å²) in [6.45, 7) is 3.32. The fourth-order valence-corrected chi connectivity index (χ4v) is 6.09. The molecule has 2 aliphatic carbocycles.